The van der Waals surface area contributed by atoms with Crippen LogP contribution in [0.5, 0.6) is 0 Å². The number of hydrogen-bond donors (Lipinski definition) is 3. The van der Waals surface area contributed by atoms with Gasteiger partial charge in [-0.2, -0.15) is 0 Å². The molecule has 2 unspecified atom stereocenters. The number of esters is 4. The van der Waals surface area contributed by atoms with Gasteiger partial charge in [-0.15, -0.1) is 0 Å². The maximum absolute atomic E-state index is 13.1. The van der Waals surface area contributed by atoms with E-state index in [1.807, 2.05) is 0 Å². The Morgan fingerprint density at radius 2 is 0.479 bits per heavy atom. The second-order valence-electron chi connectivity index (χ2n) is 27.0. The Hall–Kier alpha value is -2.46. The van der Waals surface area contributed by atoms with E-state index in [9.17, 15) is 43.2 Å². The molecule has 0 saturated carbocycles. The molecule has 0 fully saturated rings. The van der Waals surface area contributed by atoms with Gasteiger partial charge in [0.2, 0.25) is 0 Å². The van der Waals surface area contributed by atoms with Gasteiger partial charge >= 0.3 is 39.5 Å². The topological polar surface area (TPSA) is 237 Å². The quantitative estimate of drug-likeness (QED) is 0.0169. The summed E-state index contributed by atoms with van der Waals surface area (Å²) < 4.78 is 68.5. The zero-order valence-electron chi connectivity index (χ0n) is 61.8. The lowest BCUT2D eigenvalue weighted by atomic mass is 10.0. The van der Waals surface area contributed by atoms with E-state index in [2.05, 4.69) is 52.0 Å². The number of carbonyl (C=O) groups is 4. The zero-order chi connectivity index (χ0) is 70.4. The third-order valence-electron chi connectivity index (χ3n) is 17.4. The van der Waals surface area contributed by atoms with E-state index < -0.39 is 97.5 Å². The first kappa shape index (κ1) is 93.5. The van der Waals surface area contributed by atoms with E-state index in [0.29, 0.717) is 25.7 Å². The molecule has 0 radical (unpaired) electrons. The van der Waals surface area contributed by atoms with Gasteiger partial charge in [-0.3, -0.25) is 37.3 Å². The summed E-state index contributed by atoms with van der Waals surface area (Å²) in [6.07, 6.45) is 64.4. The highest BCUT2D eigenvalue weighted by molar-refractivity contribution is 7.47. The summed E-state index contributed by atoms with van der Waals surface area (Å²) >= 11 is 0. The molecule has 3 N–H and O–H groups in total. The maximum atomic E-state index is 13.1. The van der Waals surface area contributed by atoms with Crippen molar-refractivity contribution < 1.29 is 80.2 Å². The molecular formula is C77H146O17P2. The first-order chi connectivity index (χ1) is 46.7. The molecular weight excluding hydrogens is 1260 g/mol. The minimum Gasteiger partial charge on any atom is -0.462 e. The fourth-order valence-electron chi connectivity index (χ4n) is 11.3. The lowest BCUT2D eigenvalue weighted by Gasteiger charge is -2.21. The van der Waals surface area contributed by atoms with Crippen LogP contribution < -0.4 is 0 Å². The van der Waals surface area contributed by atoms with Crippen LogP contribution in [0.4, 0.5) is 0 Å². The third-order valence-corrected chi connectivity index (χ3v) is 19.3. The third kappa shape index (κ3) is 70.0. The first-order valence-electron chi connectivity index (χ1n) is 39.6. The molecule has 0 saturated heterocycles. The number of carbonyl (C=O) groups excluding carboxylic acids is 4. The molecule has 0 spiro atoms. The molecule has 0 aliphatic carbocycles. The number of allylic oxidation sites excluding steroid dienone is 4. The van der Waals surface area contributed by atoms with Gasteiger partial charge in [0, 0.05) is 25.7 Å². The highest BCUT2D eigenvalue weighted by atomic mass is 31.2. The Morgan fingerprint density at radius 1 is 0.281 bits per heavy atom. The Bertz CT molecular complexity index is 1920. The lowest BCUT2D eigenvalue weighted by molar-refractivity contribution is -0.161. The number of aliphatic hydroxyl groups is 1. The summed E-state index contributed by atoms with van der Waals surface area (Å²) in [5.74, 6) is -2.14. The SMILES string of the molecule is CCCCCC/C=C\CCCCCCCC(=O)OC[C@H](COP(=O)(O)OC[C@@H](O)COP(=O)(O)OC[C@@H](COC(=O)CCCCCCCCCCCCCCCCC)OC(=O)CCCCCCC/C=C\CCCCCC)OC(=O)CCCCCCCCCCCCCCCCC. The molecule has 0 aromatic rings. The minimum atomic E-state index is -4.96. The van der Waals surface area contributed by atoms with Crippen molar-refractivity contribution in [2.45, 2.75) is 406 Å². The van der Waals surface area contributed by atoms with Crippen LogP contribution in [0.25, 0.3) is 0 Å². The summed E-state index contributed by atoms with van der Waals surface area (Å²) in [6, 6.07) is 0. The normalized spacial score (nSPS) is 14.0. The van der Waals surface area contributed by atoms with Crippen LogP contribution in [0.1, 0.15) is 387 Å². The second kappa shape index (κ2) is 71.0. The molecule has 0 aromatic carbocycles. The van der Waals surface area contributed by atoms with Crippen LogP contribution in [0.15, 0.2) is 24.3 Å². The van der Waals surface area contributed by atoms with Gasteiger partial charge in [0.1, 0.15) is 19.3 Å². The van der Waals surface area contributed by atoms with Gasteiger partial charge in [-0.25, -0.2) is 9.13 Å². The summed E-state index contributed by atoms with van der Waals surface area (Å²) in [7, 11) is -9.92. The molecule has 0 aliphatic rings. The highest BCUT2D eigenvalue weighted by Crippen LogP contribution is 2.45. The van der Waals surface area contributed by atoms with Crippen molar-refractivity contribution >= 4 is 39.5 Å². The molecule has 0 heterocycles. The van der Waals surface area contributed by atoms with Gasteiger partial charge in [-0.1, -0.05) is 309 Å². The monoisotopic (exact) mass is 1410 g/mol. The number of unbranched alkanes of at least 4 members (excludes halogenated alkanes) is 46. The van der Waals surface area contributed by atoms with Crippen molar-refractivity contribution in [2.24, 2.45) is 0 Å². The number of hydrogen-bond acceptors (Lipinski definition) is 15. The van der Waals surface area contributed by atoms with Gasteiger partial charge < -0.3 is 33.8 Å². The van der Waals surface area contributed by atoms with E-state index >= 15 is 0 Å². The predicted molar refractivity (Wildman–Crippen MR) is 391 cm³/mol. The van der Waals surface area contributed by atoms with Crippen molar-refractivity contribution in [3.05, 3.63) is 24.3 Å². The molecule has 0 bridgehead atoms. The summed E-state index contributed by atoms with van der Waals surface area (Å²) in [5, 5.41) is 10.6. The van der Waals surface area contributed by atoms with Gasteiger partial charge in [-0.05, 0) is 77.0 Å². The smallest absolute Gasteiger partial charge is 0.462 e. The average Bonchev–Trinajstić information content (AvgIpc) is 1.22. The zero-order valence-corrected chi connectivity index (χ0v) is 63.6. The van der Waals surface area contributed by atoms with E-state index in [1.54, 1.807) is 0 Å². The van der Waals surface area contributed by atoms with Crippen molar-refractivity contribution in [3.8, 4) is 0 Å². The molecule has 19 heteroatoms. The van der Waals surface area contributed by atoms with E-state index in [1.165, 1.54) is 186 Å². The average molecular weight is 1410 g/mol. The van der Waals surface area contributed by atoms with E-state index in [4.69, 9.17) is 37.0 Å². The molecule has 0 rings (SSSR count). The molecule has 5 atom stereocenters. The fourth-order valence-corrected chi connectivity index (χ4v) is 12.9. The van der Waals surface area contributed by atoms with Crippen molar-refractivity contribution in [3.63, 3.8) is 0 Å². The molecule has 96 heavy (non-hydrogen) atoms. The van der Waals surface area contributed by atoms with E-state index in [-0.39, 0.29) is 25.7 Å². The second-order valence-corrected chi connectivity index (χ2v) is 29.9. The fraction of sp³-hybridized carbons (Fsp3) is 0.896. The number of phosphoric ester groups is 2. The number of aliphatic hydroxyl groups excluding tert-OH is 1. The predicted octanol–water partition coefficient (Wildman–Crippen LogP) is 22.6. The maximum Gasteiger partial charge on any atom is 0.472 e. The minimum absolute atomic E-state index is 0.0935. The standard InChI is InChI=1S/C77H146O17P2/c1-5-9-13-17-21-25-29-33-35-39-42-46-50-54-58-62-75(80)88-68-72(93-76(81)63-59-55-51-47-43-38-32-28-24-20-16-12-8-4)69-91-95(83,84)89-65-71(78)66-90-96(85,86)92-70-73(67-87-74(79)61-57-53-49-45-41-37-31-27-23-19-15-11-7-3)94-77(82)64-60-56-52-48-44-40-36-34-30-26-22-18-14-10-6-2/h27-28,31-32,71-73,78H,5-26,29-30,33-70H2,1-4H3,(H,83,84)(H,85,86)/b31-27-,32-28-/t71-,72+,73+/m0/s1. The molecule has 0 aromatic heterocycles. The van der Waals surface area contributed by atoms with Crippen molar-refractivity contribution in [1.82, 2.24) is 0 Å². The van der Waals surface area contributed by atoms with Crippen LogP contribution in [-0.2, 0) is 65.4 Å². The van der Waals surface area contributed by atoms with Crippen molar-refractivity contribution in [1.29, 1.82) is 0 Å². The van der Waals surface area contributed by atoms with Crippen LogP contribution in [-0.4, -0.2) is 96.7 Å². The molecule has 17 nitrogen and oxygen atoms in total. The van der Waals surface area contributed by atoms with Gasteiger partial charge in [0.05, 0.1) is 26.4 Å². The Kier molecular flexibility index (Phi) is 69.1. The highest BCUT2D eigenvalue weighted by Gasteiger charge is 2.30. The Balaban J connectivity index is 5.29. The summed E-state index contributed by atoms with van der Waals surface area (Å²) in [5.41, 5.74) is 0. The number of rotatable bonds is 76. The summed E-state index contributed by atoms with van der Waals surface area (Å²) in [6.45, 7) is 4.93. The van der Waals surface area contributed by atoms with Crippen LogP contribution in [0.2, 0.25) is 0 Å². The molecule has 566 valence electrons. The van der Waals surface area contributed by atoms with Gasteiger partial charge in [0.15, 0.2) is 12.2 Å². The summed E-state index contributed by atoms with van der Waals surface area (Å²) in [4.78, 5) is 72.9. The molecule has 0 amide bonds. The Labute approximate surface area is 586 Å². The Morgan fingerprint density at radius 3 is 0.729 bits per heavy atom. The largest absolute Gasteiger partial charge is 0.472 e. The van der Waals surface area contributed by atoms with Crippen LogP contribution in [0.3, 0.4) is 0 Å². The first-order valence-corrected chi connectivity index (χ1v) is 42.6. The van der Waals surface area contributed by atoms with Crippen LogP contribution in [0, 0.1) is 0 Å². The van der Waals surface area contributed by atoms with Crippen LogP contribution >= 0.6 is 15.6 Å². The van der Waals surface area contributed by atoms with E-state index in [0.717, 1.165) is 122 Å². The number of ether oxygens (including phenoxy) is 4. The lowest BCUT2D eigenvalue weighted by Crippen LogP contribution is -2.30. The molecule has 0 aliphatic heterocycles. The van der Waals surface area contributed by atoms with Gasteiger partial charge in [0.25, 0.3) is 0 Å². The number of phosphoric acid groups is 2. The van der Waals surface area contributed by atoms with Crippen molar-refractivity contribution in [2.75, 3.05) is 39.6 Å².